The summed E-state index contributed by atoms with van der Waals surface area (Å²) < 4.78 is 0.123. The van der Waals surface area contributed by atoms with Gasteiger partial charge in [-0.3, -0.25) is 4.99 Å². The van der Waals surface area contributed by atoms with E-state index in [4.69, 9.17) is 4.99 Å². The second-order valence-electron chi connectivity index (χ2n) is 6.07. The van der Waals surface area contributed by atoms with Gasteiger partial charge in [0, 0.05) is 6.21 Å². The molecule has 1 aliphatic rings. The molecule has 0 fully saturated rings. The molecule has 1 unspecified atom stereocenters. The number of halogens is 1. The van der Waals surface area contributed by atoms with E-state index in [9.17, 15) is 0 Å². The third-order valence-corrected chi connectivity index (χ3v) is 5.29. The molecule has 0 aliphatic heterocycles. The summed E-state index contributed by atoms with van der Waals surface area (Å²) in [7, 11) is 0. The van der Waals surface area contributed by atoms with Crippen LogP contribution in [0.4, 0.5) is 0 Å². The fourth-order valence-electron chi connectivity index (χ4n) is 3.11. The van der Waals surface area contributed by atoms with Crippen LogP contribution in [0.1, 0.15) is 41.0 Å². The Bertz CT molecular complexity index is 856. The van der Waals surface area contributed by atoms with Crippen LogP contribution in [0.3, 0.4) is 0 Å². The smallest absolute Gasteiger partial charge is 0.126 e. The molecule has 1 atom stereocenters. The summed E-state index contributed by atoms with van der Waals surface area (Å²) in [4.78, 5) is 4.79. The highest BCUT2D eigenvalue weighted by molar-refractivity contribution is 14.1. The SMILES string of the molecule is C\C=C/C=C(C)/C=N/C(I)c1cc2ccccc2c2c1C=CCC2. The molecule has 1 aliphatic carbocycles. The Balaban J connectivity index is 2.03. The van der Waals surface area contributed by atoms with E-state index in [2.05, 4.69) is 78.1 Å². The van der Waals surface area contributed by atoms with Crippen LogP contribution >= 0.6 is 22.6 Å². The number of aryl methyl sites for hydroxylation is 1. The van der Waals surface area contributed by atoms with Crippen molar-refractivity contribution in [2.75, 3.05) is 0 Å². The zero-order valence-corrected chi connectivity index (χ0v) is 16.3. The summed E-state index contributed by atoms with van der Waals surface area (Å²) in [5, 5.41) is 2.71. The number of nitrogens with zero attached hydrogens (tertiary/aromatic N) is 1. The molecule has 24 heavy (non-hydrogen) atoms. The van der Waals surface area contributed by atoms with Gasteiger partial charge in [0.05, 0.1) is 0 Å². The lowest BCUT2D eigenvalue weighted by Gasteiger charge is -2.19. The topological polar surface area (TPSA) is 12.4 Å². The quantitative estimate of drug-likeness (QED) is 0.167. The Labute approximate surface area is 158 Å². The van der Waals surface area contributed by atoms with E-state index in [0.717, 1.165) is 12.8 Å². The van der Waals surface area contributed by atoms with Crippen molar-refractivity contribution in [2.45, 2.75) is 30.7 Å². The van der Waals surface area contributed by atoms with Crippen molar-refractivity contribution in [1.29, 1.82) is 0 Å². The lowest BCUT2D eigenvalue weighted by molar-refractivity contribution is 0.978. The molecule has 0 radical (unpaired) electrons. The van der Waals surface area contributed by atoms with E-state index in [1.807, 2.05) is 25.3 Å². The molecule has 0 saturated carbocycles. The van der Waals surface area contributed by atoms with Crippen molar-refractivity contribution in [3.63, 3.8) is 0 Å². The lowest BCUT2D eigenvalue weighted by Crippen LogP contribution is -2.02. The molecular weight excluding hydrogens is 405 g/mol. The van der Waals surface area contributed by atoms with Crippen molar-refractivity contribution in [1.82, 2.24) is 0 Å². The number of aliphatic imine (C=N–C) groups is 1. The molecule has 1 nitrogen and oxygen atoms in total. The standard InChI is InChI=1S/C22H22IN/c1-3-4-9-16(2)15-24-22(23)21-14-17-10-5-6-11-18(17)19-12-7-8-13-20(19)21/h3-6,8-11,13-15,22H,7,12H2,1-2H3/b4-3-,16-9+,24-15+. The molecule has 2 aromatic carbocycles. The largest absolute Gasteiger partial charge is 0.274 e. The molecule has 122 valence electrons. The van der Waals surface area contributed by atoms with Gasteiger partial charge in [-0.2, -0.15) is 0 Å². The first-order chi connectivity index (χ1) is 11.7. The van der Waals surface area contributed by atoms with Crippen LogP contribution in [0.15, 0.2) is 65.2 Å². The predicted molar refractivity (Wildman–Crippen MR) is 115 cm³/mol. The summed E-state index contributed by atoms with van der Waals surface area (Å²) >= 11 is 2.44. The maximum absolute atomic E-state index is 4.79. The van der Waals surface area contributed by atoms with Crippen molar-refractivity contribution in [3.8, 4) is 0 Å². The van der Waals surface area contributed by atoms with Crippen molar-refractivity contribution in [3.05, 3.63) is 76.9 Å². The lowest BCUT2D eigenvalue weighted by atomic mass is 9.88. The first-order valence-electron chi connectivity index (χ1n) is 8.38. The highest BCUT2D eigenvalue weighted by atomic mass is 127. The predicted octanol–water partition coefficient (Wildman–Crippen LogP) is 6.83. The van der Waals surface area contributed by atoms with Gasteiger partial charge in [0.25, 0.3) is 0 Å². The highest BCUT2D eigenvalue weighted by Gasteiger charge is 2.17. The monoisotopic (exact) mass is 427 g/mol. The average molecular weight is 427 g/mol. The minimum absolute atomic E-state index is 0.123. The summed E-state index contributed by atoms with van der Waals surface area (Å²) in [6, 6.07) is 11.0. The highest BCUT2D eigenvalue weighted by Crippen LogP contribution is 2.37. The van der Waals surface area contributed by atoms with Gasteiger partial charge in [0.2, 0.25) is 0 Å². The van der Waals surface area contributed by atoms with E-state index in [1.54, 1.807) is 0 Å². The summed E-state index contributed by atoms with van der Waals surface area (Å²) in [5.74, 6) is 0. The zero-order chi connectivity index (χ0) is 16.9. The normalized spacial score (nSPS) is 16.2. The van der Waals surface area contributed by atoms with E-state index < -0.39 is 0 Å². The number of rotatable bonds is 4. The van der Waals surface area contributed by atoms with Crippen LogP contribution in [0.5, 0.6) is 0 Å². The molecule has 0 spiro atoms. The van der Waals surface area contributed by atoms with Crippen LogP contribution < -0.4 is 0 Å². The molecule has 0 aromatic heterocycles. The van der Waals surface area contributed by atoms with Gasteiger partial charge in [-0.15, -0.1) is 0 Å². The van der Waals surface area contributed by atoms with Crippen molar-refractivity contribution >= 4 is 45.7 Å². The van der Waals surface area contributed by atoms with Gasteiger partial charge in [0.15, 0.2) is 0 Å². The van der Waals surface area contributed by atoms with E-state index >= 15 is 0 Å². The van der Waals surface area contributed by atoms with Crippen LogP contribution in [0.2, 0.25) is 0 Å². The maximum Gasteiger partial charge on any atom is 0.126 e. The fourth-order valence-corrected chi connectivity index (χ4v) is 3.78. The van der Waals surface area contributed by atoms with Gasteiger partial charge >= 0.3 is 0 Å². The third kappa shape index (κ3) is 3.69. The Hall–Kier alpha value is -1.68. The molecule has 0 bridgehead atoms. The Morgan fingerprint density at radius 2 is 2.12 bits per heavy atom. The van der Waals surface area contributed by atoms with Crippen LogP contribution in [-0.4, -0.2) is 6.21 Å². The van der Waals surface area contributed by atoms with Crippen LogP contribution in [-0.2, 0) is 6.42 Å². The van der Waals surface area contributed by atoms with E-state index in [0.29, 0.717) is 0 Å². The summed E-state index contributed by atoms with van der Waals surface area (Å²) in [6.45, 7) is 4.11. The average Bonchev–Trinajstić information content (AvgIpc) is 2.63. The molecule has 2 aromatic rings. The van der Waals surface area contributed by atoms with Gasteiger partial charge in [0.1, 0.15) is 4.05 Å². The fraction of sp³-hybridized carbons (Fsp3) is 0.227. The van der Waals surface area contributed by atoms with Gasteiger partial charge in [-0.25, -0.2) is 0 Å². The van der Waals surface area contributed by atoms with Crippen LogP contribution in [0, 0.1) is 0 Å². The molecule has 0 amide bonds. The summed E-state index contributed by atoms with van der Waals surface area (Å²) in [5.41, 5.74) is 5.32. The van der Waals surface area contributed by atoms with Crippen LogP contribution in [0.25, 0.3) is 16.8 Å². The molecule has 2 heteroatoms. The molecule has 0 saturated heterocycles. The maximum atomic E-state index is 4.79. The van der Waals surface area contributed by atoms with Gasteiger partial charge in [-0.1, -0.05) is 77.2 Å². The third-order valence-electron chi connectivity index (χ3n) is 4.30. The number of benzene rings is 2. The van der Waals surface area contributed by atoms with Gasteiger partial charge < -0.3 is 0 Å². The summed E-state index contributed by atoms with van der Waals surface area (Å²) in [6.07, 6.45) is 14.9. The number of hydrogen-bond donors (Lipinski definition) is 0. The molecule has 3 rings (SSSR count). The minimum atomic E-state index is 0.123. The van der Waals surface area contributed by atoms with E-state index in [-0.39, 0.29) is 4.05 Å². The number of alkyl halides is 1. The Morgan fingerprint density at radius 3 is 2.96 bits per heavy atom. The number of allylic oxidation sites excluding steroid dienone is 5. The van der Waals surface area contributed by atoms with Crippen molar-refractivity contribution in [2.24, 2.45) is 4.99 Å². The second kappa shape index (κ2) is 7.93. The first-order valence-corrected chi connectivity index (χ1v) is 9.63. The van der Waals surface area contributed by atoms with E-state index in [1.165, 1.54) is 33.0 Å². The molecule has 0 N–H and O–H groups in total. The molecular formula is C22H22IN. The first kappa shape index (κ1) is 17.2. The Morgan fingerprint density at radius 1 is 1.29 bits per heavy atom. The zero-order valence-electron chi connectivity index (χ0n) is 14.2. The second-order valence-corrected chi connectivity index (χ2v) is 7.25. The Kier molecular flexibility index (Phi) is 5.67. The van der Waals surface area contributed by atoms with Gasteiger partial charge in [-0.05, 0) is 65.8 Å². The van der Waals surface area contributed by atoms with Crippen molar-refractivity contribution < 1.29 is 0 Å². The number of hydrogen-bond acceptors (Lipinski definition) is 1. The number of fused-ring (bicyclic) bond motifs is 3. The molecule has 0 heterocycles. The minimum Gasteiger partial charge on any atom is -0.274 e.